The van der Waals surface area contributed by atoms with Crippen molar-refractivity contribution in [1.82, 2.24) is 15.0 Å². The number of hydrogen-bond donors (Lipinski definition) is 0. The zero-order chi connectivity index (χ0) is 21.2. The zero-order valence-corrected chi connectivity index (χ0v) is 19.0. The number of rotatable bonds is 5. The van der Waals surface area contributed by atoms with Crippen molar-refractivity contribution in [3.63, 3.8) is 0 Å². The summed E-state index contributed by atoms with van der Waals surface area (Å²) in [7, 11) is 0. The molecule has 2 aliphatic heterocycles. The smallest absolute Gasteiger partial charge is 0.186 e. The van der Waals surface area contributed by atoms with Crippen LogP contribution in [-0.2, 0) is 4.74 Å². The van der Waals surface area contributed by atoms with Gasteiger partial charge < -0.3 is 19.3 Å². The molecule has 3 aromatic rings. The van der Waals surface area contributed by atoms with Gasteiger partial charge in [-0.25, -0.2) is 15.0 Å². The van der Waals surface area contributed by atoms with Crippen molar-refractivity contribution in [3.8, 4) is 5.75 Å². The molecule has 7 nitrogen and oxygen atoms in total. The Bertz CT molecular complexity index is 1040. The van der Waals surface area contributed by atoms with Crippen molar-refractivity contribution in [2.75, 3.05) is 55.8 Å². The first-order chi connectivity index (χ1) is 15.2. The van der Waals surface area contributed by atoms with Crippen LogP contribution in [0.15, 0.2) is 24.3 Å². The number of para-hydroxylation sites is 1. The maximum absolute atomic E-state index is 5.76. The summed E-state index contributed by atoms with van der Waals surface area (Å²) in [5.74, 6) is 3.27. The van der Waals surface area contributed by atoms with Crippen LogP contribution in [0.4, 0.5) is 10.9 Å². The Morgan fingerprint density at radius 3 is 2.61 bits per heavy atom. The molecule has 0 saturated carbocycles. The third kappa shape index (κ3) is 4.32. The van der Waals surface area contributed by atoms with Gasteiger partial charge in [0, 0.05) is 57.1 Å². The fraction of sp³-hybridized carbons (Fsp3) is 0.522. The van der Waals surface area contributed by atoms with E-state index >= 15 is 0 Å². The molecule has 1 aromatic carbocycles. The Balaban J connectivity index is 1.30. The Labute approximate surface area is 187 Å². The molecule has 2 saturated heterocycles. The van der Waals surface area contributed by atoms with Crippen LogP contribution in [0, 0.1) is 6.92 Å². The molecule has 0 atom stereocenters. The van der Waals surface area contributed by atoms with Crippen molar-refractivity contribution < 1.29 is 9.47 Å². The van der Waals surface area contributed by atoms with Gasteiger partial charge in [0.15, 0.2) is 5.13 Å². The lowest BCUT2D eigenvalue weighted by Gasteiger charge is -2.35. The minimum Gasteiger partial charge on any atom is -0.492 e. The van der Waals surface area contributed by atoms with E-state index in [1.165, 1.54) is 10.4 Å². The highest BCUT2D eigenvalue weighted by atomic mass is 32.1. The van der Waals surface area contributed by atoms with Crippen molar-refractivity contribution in [3.05, 3.63) is 35.8 Å². The molecule has 0 bridgehead atoms. The average Bonchev–Trinajstić information content (AvgIpc) is 3.25. The van der Waals surface area contributed by atoms with Crippen molar-refractivity contribution in [2.24, 2.45) is 0 Å². The number of ether oxygens (including phenoxy) is 2. The summed E-state index contributed by atoms with van der Waals surface area (Å²) in [6.07, 6.45) is 2.09. The molecular formula is C23H29N5O2S. The van der Waals surface area contributed by atoms with Crippen LogP contribution in [0.25, 0.3) is 10.2 Å². The minimum atomic E-state index is 0.484. The Morgan fingerprint density at radius 1 is 1.06 bits per heavy atom. The van der Waals surface area contributed by atoms with Gasteiger partial charge in [-0.05, 0) is 38.8 Å². The fourth-order valence-corrected chi connectivity index (χ4v) is 5.42. The summed E-state index contributed by atoms with van der Waals surface area (Å²) in [5.41, 5.74) is 2.14. The van der Waals surface area contributed by atoms with Crippen LogP contribution in [0.3, 0.4) is 0 Å². The number of thiazole rings is 1. The molecule has 31 heavy (non-hydrogen) atoms. The summed E-state index contributed by atoms with van der Waals surface area (Å²) < 4.78 is 12.5. The molecule has 0 amide bonds. The highest BCUT2D eigenvalue weighted by Gasteiger charge is 2.24. The van der Waals surface area contributed by atoms with Gasteiger partial charge >= 0.3 is 0 Å². The van der Waals surface area contributed by atoms with E-state index in [9.17, 15) is 0 Å². The lowest BCUT2D eigenvalue weighted by Crippen LogP contribution is -2.47. The normalized spacial score (nSPS) is 18.0. The lowest BCUT2D eigenvalue weighted by atomic mass is 9.96. The lowest BCUT2D eigenvalue weighted by molar-refractivity contribution is 0.0844. The van der Waals surface area contributed by atoms with Crippen LogP contribution >= 0.6 is 11.3 Å². The molecule has 0 unspecified atom stereocenters. The predicted octanol–water partition coefficient (Wildman–Crippen LogP) is 4.01. The van der Waals surface area contributed by atoms with Gasteiger partial charge in [-0.15, -0.1) is 0 Å². The summed E-state index contributed by atoms with van der Waals surface area (Å²) in [5, 5.41) is 1.07. The molecule has 8 heteroatoms. The van der Waals surface area contributed by atoms with E-state index in [4.69, 9.17) is 24.4 Å². The van der Waals surface area contributed by atoms with E-state index in [0.29, 0.717) is 12.5 Å². The van der Waals surface area contributed by atoms with E-state index in [1.807, 2.05) is 26.0 Å². The first kappa shape index (κ1) is 20.5. The van der Waals surface area contributed by atoms with Gasteiger partial charge in [0.25, 0.3) is 0 Å². The summed E-state index contributed by atoms with van der Waals surface area (Å²) in [6, 6.07) is 8.36. The van der Waals surface area contributed by atoms with Gasteiger partial charge in [-0.1, -0.05) is 17.4 Å². The molecule has 2 fully saturated rings. The van der Waals surface area contributed by atoms with E-state index < -0.39 is 0 Å². The first-order valence-electron chi connectivity index (χ1n) is 11.2. The first-order valence-corrected chi connectivity index (χ1v) is 12.0. The third-order valence-corrected chi connectivity index (χ3v) is 7.11. The predicted molar refractivity (Wildman–Crippen MR) is 125 cm³/mol. The van der Waals surface area contributed by atoms with Crippen LogP contribution in [0.2, 0.25) is 0 Å². The van der Waals surface area contributed by atoms with Crippen molar-refractivity contribution in [1.29, 1.82) is 0 Å². The maximum atomic E-state index is 5.76. The number of fused-ring (bicyclic) bond motifs is 1. The molecule has 5 rings (SSSR count). The Hall–Kier alpha value is -2.45. The molecule has 0 aliphatic carbocycles. The Morgan fingerprint density at radius 2 is 1.84 bits per heavy atom. The highest BCUT2D eigenvalue weighted by Crippen LogP contribution is 2.35. The van der Waals surface area contributed by atoms with E-state index in [1.54, 1.807) is 11.3 Å². The van der Waals surface area contributed by atoms with Crippen LogP contribution in [-0.4, -0.2) is 61.0 Å². The number of hydrogen-bond acceptors (Lipinski definition) is 8. The van der Waals surface area contributed by atoms with Crippen LogP contribution < -0.4 is 14.5 Å². The second-order valence-corrected chi connectivity index (χ2v) is 9.10. The molecular weight excluding hydrogens is 410 g/mol. The second-order valence-electron chi connectivity index (χ2n) is 8.09. The quantitative estimate of drug-likeness (QED) is 0.595. The van der Waals surface area contributed by atoms with Gasteiger partial charge in [0.1, 0.15) is 22.9 Å². The minimum absolute atomic E-state index is 0.484. The summed E-state index contributed by atoms with van der Waals surface area (Å²) in [6.45, 7) is 10.0. The monoisotopic (exact) mass is 439 g/mol. The molecule has 0 radical (unpaired) electrons. The van der Waals surface area contributed by atoms with E-state index in [-0.39, 0.29) is 0 Å². The summed E-state index contributed by atoms with van der Waals surface area (Å²) in [4.78, 5) is 19.2. The molecule has 0 N–H and O–H groups in total. The van der Waals surface area contributed by atoms with Gasteiger partial charge in [0.2, 0.25) is 0 Å². The van der Waals surface area contributed by atoms with E-state index in [2.05, 4.69) is 21.9 Å². The summed E-state index contributed by atoms with van der Waals surface area (Å²) >= 11 is 1.74. The fourth-order valence-electron chi connectivity index (χ4n) is 4.38. The standard InChI is InChI=1S/C23H29N5O2S/c1-3-30-19-5-4-6-20-22(19)26-23(31-20)28-11-9-27(10-12-28)21-15-18(24-16(2)25-21)17-7-13-29-14-8-17/h4-6,15,17H,3,7-14H2,1-2H3. The number of aromatic nitrogens is 3. The number of nitrogens with zero attached hydrogens (tertiary/aromatic N) is 5. The Kier molecular flexibility index (Phi) is 5.91. The van der Waals surface area contributed by atoms with Crippen molar-refractivity contribution >= 4 is 32.5 Å². The maximum Gasteiger partial charge on any atom is 0.186 e. The second kappa shape index (κ2) is 8.96. The SMILES string of the molecule is CCOc1cccc2sc(N3CCN(c4cc(C5CCOCC5)nc(C)n4)CC3)nc12. The topological polar surface area (TPSA) is 63.6 Å². The molecule has 2 aliphatic rings. The van der Waals surface area contributed by atoms with Gasteiger partial charge in [-0.2, -0.15) is 0 Å². The van der Waals surface area contributed by atoms with Crippen LogP contribution in [0.1, 0.15) is 37.2 Å². The number of benzene rings is 1. The number of anilines is 2. The molecule has 164 valence electrons. The zero-order valence-electron chi connectivity index (χ0n) is 18.2. The average molecular weight is 440 g/mol. The van der Waals surface area contributed by atoms with E-state index in [0.717, 1.165) is 80.3 Å². The number of piperazine rings is 1. The highest BCUT2D eigenvalue weighted by molar-refractivity contribution is 7.22. The largest absolute Gasteiger partial charge is 0.492 e. The number of aryl methyl sites for hydroxylation is 1. The molecule has 0 spiro atoms. The molecule has 4 heterocycles. The van der Waals surface area contributed by atoms with Crippen LogP contribution in [0.5, 0.6) is 5.75 Å². The van der Waals surface area contributed by atoms with Crippen molar-refractivity contribution in [2.45, 2.75) is 32.6 Å². The molecule has 2 aromatic heterocycles. The third-order valence-electron chi connectivity index (χ3n) is 6.03. The van der Waals surface area contributed by atoms with Gasteiger partial charge in [0.05, 0.1) is 11.3 Å². The van der Waals surface area contributed by atoms with Gasteiger partial charge in [-0.3, -0.25) is 0 Å².